The van der Waals surface area contributed by atoms with E-state index in [4.69, 9.17) is 22.1 Å². The quantitative estimate of drug-likeness (QED) is 0.899. The van der Waals surface area contributed by atoms with Crippen LogP contribution in [0.1, 0.15) is 41.5 Å². The zero-order chi connectivity index (χ0) is 14.8. The molecule has 2 unspecified atom stereocenters. The molecule has 0 amide bonds. The molecule has 2 atom stereocenters. The third-order valence-corrected chi connectivity index (χ3v) is 4.74. The van der Waals surface area contributed by atoms with Crippen LogP contribution in [-0.2, 0) is 0 Å². The topological polar surface area (TPSA) is 35.2 Å². The summed E-state index contributed by atoms with van der Waals surface area (Å²) in [7, 11) is 0. The monoisotopic (exact) mass is 301 g/mol. The molecule has 1 aliphatic heterocycles. The Labute approximate surface area is 130 Å². The van der Waals surface area contributed by atoms with Crippen LogP contribution in [-0.4, -0.2) is 6.61 Å². The summed E-state index contributed by atoms with van der Waals surface area (Å²) in [5, 5.41) is 0.787. The molecule has 0 radical (unpaired) electrons. The summed E-state index contributed by atoms with van der Waals surface area (Å²) in [4.78, 5) is 0. The second-order valence-corrected chi connectivity index (χ2v) is 6.08. The molecule has 2 nitrogen and oxygen atoms in total. The molecule has 3 rings (SSSR count). The molecule has 0 saturated carbocycles. The van der Waals surface area contributed by atoms with Gasteiger partial charge in [-0.15, -0.1) is 0 Å². The molecule has 0 fully saturated rings. The van der Waals surface area contributed by atoms with Crippen molar-refractivity contribution in [3.05, 3.63) is 64.2 Å². The summed E-state index contributed by atoms with van der Waals surface area (Å²) >= 11 is 6.21. The number of hydrogen-bond acceptors (Lipinski definition) is 2. The molecule has 2 N–H and O–H groups in total. The normalized spacial score (nSPS) is 18.7. The maximum atomic E-state index is 6.45. The van der Waals surface area contributed by atoms with Gasteiger partial charge in [-0.05, 0) is 54.5 Å². The fraction of sp³-hybridized carbons (Fsp3) is 0.333. The van der Waals surface area contributed by atoms with Crippen LogP contribution in [0.25, 0.3) is 0 Å². The highest BCUT2D eigenvalue weighted by atomic mass is 35.5. The molecule has 0 saturated heterocycles. The number of fused-ring (bicyclic) bond motifs is 1. The number of rotatable bonds is 3. The van der Waals surface area contributed by atoms with Crippen LogP contribution in [0.2, 0.25) is 5.02 Å². The van der Waals surface area contributed by atoms with Crippen LogP contribution in [0.4, 0.5) is 0 Å². The van der Waals surface area contributed by atoms with E-state index in [1.54, 1.807) is 0 Å². The fourth-order valence-electron chi connectivity index (χ4n) is 3.12. The summed E-state index contributed by atoms with van der Waals surface area (Å²) < 4.78 is 5.72. The predicted molar refractivity (Wildman–Crippen MR) is 87.0 cm³/mol. The first-order valence-electron chi connectivity index (χ1n) is 7.39. The van der Waals surface area contributed by atoms with Crippen molar-refractivity contribution in [3.63, 3.8) is 0 Å². The van der Waals surface area contributed by atoms with Crippen molar-refractivity contribution in [1.82, 2.24) is 0 Å². The van der Waals surface area contributed by atoms with Crippen molar-refractivity contribution in [1.29, 1.82) is 0 Å². The van der Waals surface area contributed by atoms with Gasteiger partial charge in [-0.25, -0.2) is 0 Å². The minimum Gasteiger partial charge on any atom is -0.493 e. The van der Waals surface area contributed by atoms with E-state index in [0.29, 0.717) is 5.92 Å². The van der Waals surface area contributed by atoms with E-state index in [-0.39, 0.29) is 6.04 Å². The van der Waals surface area contributed by atoms with Crippen molar-refractivity contribution in [2.45, 2.75) is 31.7 Å². The summed E-state index contributed by atoms with van der Waals surface area (Å²) in [6.07, 6.45) is 1.94. The van der Waals surface area contributed by atoms with Gasteiger partial charge in [-0.3, -0.25) is 0 Å². The number of nitrogens with two attached hydrogens (primary N) is 1. The molecule has 1 aliphatic rings. The maximum absolute atomic E-state index is 6.45. The molecule has 110 valence electrons. The summed E-state index contributed by atoms with van der Waals surface area (Å²) in [6, 6.07) is 14.2. The molecule has 21 heavy (non-hydrogen) atoms. The standard InChI is InChI=1S/C18H20ClNO/c1-12-14(6-4-7-16(12)19)17(20)11-13-9-10-21-18-8-3-2-5-15(13)18/h2-8,13,17H,9-11,20H2,1H3. The van der Waals surface area contributed by atoms with Gasteiger partial charge in [0.05, 0.1) is 6.61 Å². The van der Waals surface area contributed by atoms with Gasteiger partial charge in [0.1, 0.15) is 5.75 Å². The smallest absolute Gasteiger partial charge is 0.122 e. The van der Waals surface area contributed by atoms with Gasteiger partial charge in [0, 0.05) is 11.1 Å². The summed E-state index contributed by atoms with van der Waals surface area (Å²) in [6.45, 7) is 2.80. The first-order chi connectivity index (χ1) is 10.2. The number of halogens is 1. The van der Waals surface area contributed by atoms with Gasteiger partial charge in [0.2, 0.25) is 0 Å². The summed E-state index contributed by atoms with van der Waals surface area (Å²) in [5.74, 6) is 1.45. The first kappa shape index (κ1) is 14.4. The van der Waals surface area contributed by atoms with Gasteiger partial charge in [-0.1, -0.05) is 41.9 Å². The predicted octanol–water partition coefficient (Wildman–Crippen LogP) is 4.60. The highest BCUT2D eigenvalue weighted by Crippen LogP contribution is 2.39. The minimum atomic E-state index is -0.000133. The van der Waals surface area contributed by atoms with Crippen molar-refractivity contribution >= 4 is 11.6 Å². The van der Waals surface area contributed by atoms with Gasteiger partial charge < -0.3 is 10.5 Å². The Morgan fingerprint density at radius 2 is 2.05 bits per heavy atom. The first-order valence-corrected chi connectivity index (χ1v) is 7.77. The zero-order valence-electron chi connectivity index (χ0n) is 12.2. The highest BCUT2D eigenvalue weighted by molar-refractivity contribution is 6.31. The second-order valence-electron chi connectivity index (χ2n) is 5.67. The minimum absolute atomic E-state index is 0.000133. The molecular formula is C18H20ClNO. The van der Waals surface area contributed by atoms with E-state index in [9.17, 15) is 0 Å². The van der Waals surface area contributed by atoms with Gasteiger partial charge in [0.15, 0.2) is 0 Å². The van der Waals surface area contributed by atoms with Crippen LogP contribution in [0, 0.1) is 6.92 Å². The average Bonchev–Trinajstić information content (AvgIpc) is 2.50. The largest absolute Gasteiger partial charge is 0.493 e. The van der Waals surface area contributed by atoms with Crippen LogP contribution < -0.4 is 10.5 Å². The number of para-hydroxylation sites is 1. The Morgan fingerprint density at radius 1 is 1.24 bits per heavy atom. The van der Waals surface area contributed by atoms with Gasteiger partial charge in [0.25, 0.3) is 0 Å². The second kappa shape index (κ2) is 6.08. The number of benzene rings is 2. The van der Waals surface area contributed by atoms with Crippen molar-refractivity contribution in [2.24, 2.45) is 5.73 Å². The van der Waals surface area contributed by atoms with E-state index in [1.807, 2.05) is 31.2 Å². The van der Waals surface area contributed by atoms with E-state index in [2.05, 4.69) is 18.2 Å². The third kappa shape index (κ3) is 2.92. The zero-order valence-corrected chi connectivity index (χ0v) is 12.9. The van der Waals surface area contributed by atoms with E-state index < -0.39 is 0 Å². The van der Waals surface area contributed by atoms with Crippen molar-refractivity contribution < 1.29 is 4.74 Å². The van der Waals surface area contributed by atoms with Crippen LogP contribution in [0.15, 0.2) is 42.5 Å². The SMILES string of the molecule is Cc1c(Cl)cccc1C(N)CC1CCOc2ccccc21. The molecule has 0 spiro atoms. The van der Waals surface area contributed by atoms with E-state index >= 15 is 0 Å². The molecule has 0 bridgehead atoms. The molecule has 0 aromatic heterocycles. The lowest BCUT2D eigenvalue weighted by atomic mass is 9.85. The molecular weight excluding hydrogens is 282 g/mol. The van der Waals surface area contributed by atoms with Crippen molar-refractivity contribution in [3.8, 4) is 5.75 Å². The summed E-state index contributed by atoms with van der Waals surface area (Å²) in [5.41, 5.74) is 9.96. The molecule has 3 heteroatoms. The average molecular weight is 302 g/mol. The molecule has 2 aromatic rings. The number of hydrogen-bond donors (Lipinski definition) is 1. The van der Waals surface area contributed by atoms with Crippen LogP contribution in [0.5, 0.6) is 5.75 Å². The van der Waals surface area contributed by atoms with Crippen LogP contribution >= 0.6 is 11.6 Å². The lowest BCUT2D eigenvalue weighted by Gasteiger charge is -2.28. The molecule has 1 heterocycles. The lowest BCUT2D eigenvalue weighted by Crippen LogP contribution is -2.20. The third-order valence-electron chi connectivity index (χ3n) is 4.33. The van der Waals surface area contributed by atoms with E-state index in [1.165, 1.54) is 5.56 Å². The maximum Gasteiger partial charge on any atom is 0.122 e. The molecule has 2 aromatic carbocycles. The van der Waals surface area contributed by atoms with Crippen molar-refractivity contribution in [2.75, 3.05) is 6.61 Å². The Bertz CT molecular complexity index is 641. The molecule has 0 aliphatic carbocycles. The van der Waals surface area contributed by atoms with Crippen LogP contribution in [0.3, 0.4) is 0 Å². The fourth-order valence-corrected chi connectivity index (χ4v) is 3.30. The lowest BCUT2D eigenvalue weighted by molar-refractivity contribution is 0.259. The Hall–Kier alpha value is -1.51. The Kier molecular flexibility index (Phi) is 4.18. The Balaban J connectivity index is 1.83. The number of ether oxygens (including phenoxy) is 1. The highest BCUT2D eigenvalue weighted by Gasteiger charge is 2.24. The van der Waals surface area contributed by atoms with Gasteiger partial charge in [-0.2, -0.15) is 0 Å². The Morgan fingerprint density at radius 3 is 2.90 bits per heavy atom. The van der Waals surface area contributed by atoms with Gasteiger partial charge >= 0.3 is 0 Å². The van der Waals surface area contributed by atoms with E-state index in [0.717, 1.165) is 41.3 Å².